The van der Waals surface area contributed by atoms with E-state index in [9.17, 15) is 0 Å². The summed E-state index contributed by atoms with van der Waals surface area (Å²) in [6.07, 6.45) is 4.81. The van der Waals surface area contributed by atoms with Crippen molar-refractivity contribution in [1.82, 2.24) is 5.32 Å². The van der Waals surface area contributed by atoms with Crippen LogP contribution in [0.5, 0.6) is 0 Å². The van der Waals surface area contributed by atoms with Crippen LogP contribution in [0.3, 0.4) is 0 Å². The molecule has 2 heteroatoms. The molecular weight excluding hydrogens is 258 g/mol. The molecule has 114 valence electrons. The first-order valence-electron chi connectivity index (χ1n) is 8.33. The minimum absolute atomic E-state index is 0.225. The summed E-state index contributed by atoms with van der Waals surface area (Å²) >= 11 is 0. The van der Waals surface area contributed by atoms with E-state index in [4.69, 9.17) is 4.42 Å². The number of furan rings is 1. The number of benzene rings is 1. The summed E-state index contributed by atoms with van der Waals surface area (Å²) < 4.78 is 6.11. The van der Waals surface area contributed by atoms with Crippen LogP contribution in [0.2, 0.25) is 0 Å². The maximum Gasteiger partial charge on any atom is 0.134 e. The van der Waals surface area contributed by atoms with E-state index >= 15 is 0 Å². The van der Waals surface area contributed by atoms with Crippen LogP contribution >= 0.6 is 0 Å². The van der Waals surface area contributed by atoms with Gasteiger partial charge < -0.3 is 9.73 Å². The fourth-order valence-corrected chi connectivity index (χ4v) is 2.88. The van der Waals surface area contributed by atoms with Gasteiger partial charge in [0, 0.05) is 17.0 Å². The lowest BCUT2D eigenvalue weighted by Crippen LogP contribution is -2.15. The lowest BCUT2D eigenvalue weighted by Gasteiger charge is -2.23. The van der Waals surface area contributed by atoms with Crippen molar-refractivity contribution in [3.8, 4) is 0 Å². The molecule has 0 bridgehead atoms. The molecule has 1 aromatic heterocycles. The Kier molecular flexibility index (Phi) is 3.83. The van der Waals surface area contributed by atoms with Gasteiger partial charge in [0.2, 0.25) is 0 Å². The Morgan fingerprint density at radius 2 is 2.00 bits per heavy atom. The zero-order valence-electron chi connectivity index (χ0n) is 13.8. The molecule has 1 N–H and O–H groups in total. The predicted molar refractivity (Wildman–Crippen MR) is 88.8 cm³/mol. The SMILES string of the molecule is CCc1c(CNC2CC2)oc2ccc(C(C)(C)CC)cc12. The van der Waals surface area contributed by atoms with Crippen molar-refractivity contribution in [2.24, 2.45) is 0 Å². The van der Waals surface area contributed by atoms with E-state index in [0.717, 1.165) is 36.8 Å². The van der Waals surface area contributed by atoms with Crippen molar-refractivity contribution in [1.29, 1.82) is 0 Å². The summed E-state index contributed by atoms with van der Waals surface area (Å²) in [5.41, 5.74) is 4.06. The maximum atomic E-state index is 6.11. The van der Waals surface area contributed by atoms with Gasteiger partial charge in [-0.3, -0.25) is 0 Å². The van der Waals surface area contributed by atoms with Crippen molar-refractivity contribution >= 4 is 11.0 Å². The molecule has 2 nitrogen and oxygen atoms in total. The Labute approximate surface area is 127 Å². The van der Waals surface area contributed by atoms with Crippen LogP contribution in [0, 0.1) is 0 Å². The minimum Gasteiger partial charge on any atom is -0.459 e. The van der Waals surface area contributed by atoms with Crippen molar-refractivity contribution < 1.29 is 4.42 Å². The normalized spacial score (nSPS) is 15.8. The molecular formula is C19H27NO. The maximum absolute atomic E-state index is 6.11. The summed E-state index contributed by atoms with van der Waals surface area (Å²) in [6, 6.07) is 7.45. The molecule has 0 atom stereocenters. The monoisotopic (exact) mass is 285 g/mol. The standard InChI is InChI=1S/C19H27NO/c1-5-15-16-11-13(19(3,4)6-2)7-10-17(16)21-18(15)12-20-14-8-9-14/h7,10-11,14,20H,5-6,8-9,12H2,1-4H3. The molecule has 21 heavy (non-hydrogen) atoms. The first-order chi connectivity index (χ1) is 10.0. The van der Waals surface area contributed by atoms with Crippen LogP contribution in [0.25, 0.3) is 11.0 Å². The third-order valence-corrected chi connectivity index (χ3v) is 5.02. The predicted octanol–water partition coefficient (Wildman–Crippen LogP) is 4.93. The highest BCUT2D eigenvalue weighted by molar-refractivity contribution is 5.83. The van der Waals surface area contributed by atoms with Gasteiger partial charge >= 0.3 is 0 Å². The van der Waals surface area contributed by atoms with Crippen LogP contribution in [-0.4, -0.2) is 6.04 Å². The zero-order valence-corrected chi connectivity index (χ0v) is 13.8. The van der Waals surface area contributed by atoms with Gasteiger partial charge in [0.05, 0.1) is 6.54 Å². The second kappa shape index (κ2) is 5.49. The molecule has 0 spiro atoms. The molecule has 1 aromatic carbocycles. The number of rotatable bonds is 6. The molecule has 0 unspecified atom stereocenters. The average molecular weight is 285 g/mol. The minimum atomic E-state index is 0.225. The first-order valence-corrected chi connectivity index (χ1v) is 8.33. The Bertz CT molecular complexity index is 634. The summed E-state index contributed by atoms with van der Waals surface area (Å²) in [6.45, 7) is 9.98. The summed E-state index contributed by atoms with van der Waals surface area (Å²) in [5, 5.41) is 4.88. The quantitative estimate of drug-likeness (QED) is 0.813. The van der Waals surface area contributed by atoms with E-state index in [1.165, 1.54) is 29.4 Å². The first kappa shape index (κ1) is 14.6. The summed E-state index contributed by atoms with van der Waals surface area (Å²) in [7, 11) is 0. The molecule has 0 radical (unpaired) electrons. The van der Waals surface area contributed by atoms with Gasteiger partial charge in [-0.15, -0.1) is 0 Å². The molecule has 1 saturated carbocycles. The van der Waals surface area contributed by atoms with Gasteiger partial charge in [0.1, 0.15) is 11.3 Å². The Morgan fingerprint density at radius 3 is 2.62 bits per heavy atom. The molecule has 3 rings (SSSR count). The molecule has 0 aliphatic heterocycles. The lowest BCUT2D eigenvalue weighted by atomic mass is 9.81. The Hall–Kier alpha value is -1.28. The number of fused-ring (bicyclic) bond motifs is 1. The number of nitrogens with one attached hydrogen (secondary N) is 1. The van der Waals surface area contributed by atoms with E-state index in [1.54, 1.807) is 0 Å². The molecule has 0 saturated heterocycles. The second-order valence-electron chi connectivity index (χ2n) is 6.96. The highest BCUT2D eigenvalue weighted by atomic mass is 16.3. The van der Waals surface area contributed by atoms with E-state index in [-0.39, 0.29) is 5.41 Å². The van der Waals surface area contributed by atoms with Crippen molar-refractivity contribution in [2.45, 2.75) is 71.4 Å². The fraction of sp³-hybridized carbons (Fsp3) is 0.579. The van der Waals surface area contributed by atoms with Gasteiger partial charge in [-0.05, 0) is 48.8 Å². The topological polar surface area (TPSA) is 25.2 Å². The molecule has 1 fully saturated rings. The van der Waals surface area contributed by atoms with Crippen LogP contribution in [0.4, 0.5) is 0 Å². The summed E-state index contributed by atoms with van der Waals surface area (Å²) in [4.78, 5) is 0. The van der Waals surface area contributed by atoms with Crippen molar-refractivity contribution in [2.75, 3.05) is 0 Å². The molecule has 1 heterocycles. The molecule has 1 aliphatic rings. The van der Waals surface area contributed by atoms with Gasteiger partial charge in [-0.1, -0.05) is 33.8 Å². The van der Waals surface area contributed by atoms with E-state index < -0.39 is 0 Å². The van der Waals surface area contributed by atoms with Gasteiger partial charge in [0.15, 0.2) is 0 Å². The van der Waals surface area contributed by atoms with Crippen LogP contribution in [-0.2, 0) is 18.4 Å². The highest BCUT2D eigenvalue weighted by Crippen LogP contribution is 2.33. The molecule has 0 amide bonds. The summed E-state index contributed by atoms with van der Waals surface area (Å²) in [5.74, 6) is 1.13. The van der Waals surface area contributed by atoms with Crippen molar-refractivity contribution in [3.63, 3.8) is 0 Å². The Morgan fingerprint density at radius 1 is 1.24 bits per heavy atom. The van der Waals surface area contributed by atoms with E-state index in [1.807, 2.05) is 0 Å². The third-order valence-electron chi connectivity index (χ3n) is 5.02. The van der Waals surface area contributed by atoms with Crippen LogP contribution in [0.15, 0.2) is 22.6 Å². The third kappa shape index (κ3) is 2.87. The van der Waals surface area contributed by atoms with Crippen LogP contribution in [0.1, 0.15) is 63.8 Å². The van der Waals surface area contributed by atoms with Gasteiger partial charge in [-0.2, -0.15) is 0 Å². The number of hydrogen-bond donors (Lipinski definition) is 1. The number of hydrogen-bond acceptors (Lipinski definition) is 2. The van der Waals surface area contributed by atoms with E-state index in [0.29, 0.717) is 0 Å². The second-order valence-corrected chi connectivity index (χ2v) is 6.96. The van der Waals surface area contributed by atoms with Gasteiger partial charge in [0.25, 0.3) is 0 Å². The lowest BCUT2D eigenvalue weighted by molar-refractivity contribution is 0.503. The average Bonchev–Trinajstić information content (AvgIpc) is 3.24. The fourth-order valence-electron chi connectivity index (χ4n) is 2.88. The highest BCUT2D eigenvalue weighted by Gasteiger charge is 2.23. The van der Waals surface area contributed by atoms with Crippen LogP contribution < -0.4 is 5.32 Å². The smallest absolute Gasteiger partial charge is 0.134 e. The molecule has 1 aliphatic carbocycles. The van der Waals surface area contributed by atoms with Crippen molar-refractivity contribution in [3.05, 3.63) is 35.1 Å². The largest absolute Gasteiger partial charge is 0.459 e. The van der Waals surface area contributed by atoms with Gasteiger partial charge in [-0.25, -0.2) is 0 Å². The molecule has 2 aromatic rings. The Balaban J connectivity index is 1.98. The number of aryl methyl sites for hydroxylation is 1. The zero-order chi connectivity index (χ0) is 15.0. The van der Waals surface area contributed by atoms with E-state index in [2.05, 4.69) is 51.2 Å².